The summed E-state index contributed by atoms with van der Waals surface area (Å²) >= 11 is 0. The van der Waals surface area contributed by atoms with Crippen LogP contribution in [0.2, 0.25) is 0 Å². The van der Waals surface area contributed by atoms with E-state index < -0.39 is 11.1 Å². The number of carbonyl (C=O) groups excluding carboxylic acids is 1. The first-order chi connectivity index (χ1) is 7.25. The van der Waals surface area contributed by atoms with E-state index in [1.54, 1.807) is 6.07 Å². The molecule has 0 heterocycles. The number of hydrogen-bond acceptors (Lipinski definition) is 7. The van der Waals surface area contributed by atoms with E-state index >= 15 is 0 Å². The zero-order chi connectivity index (χ0) is 13.1. The number of phenols is 2. The van der Waals surface area contributed by atoms with Crippen molar-refractivity contribution in [3.05, 3.63) is 39.6 Å². The molecule has 2 radical (unpaired) electrons. The van der Waals surface area contributed by atoms with Gasteiger partial charge in [0.15, 0.2) is 0 Å². The van der Waals surface area contributed by atoms with Gasteiger partial charge in [-0.1, -0.05) is 6.07 Å². The smallest absolute Gasteiger partial charge is 0.550 e. The first-order valence-electron chi connectivity index (χ1n) is 3.72. The molecule has 0 unspecified atom stereocenters. The van der Waals surface area contributed by atoms with E-state index in [4.69, 9.17) is 35.4 Å². The second-order valence-corrected chi connectivity index (χ2v) is 2.24. The first-order valence-corrected chi connectivity index (χ1v) is 3.72. The van der Waals surface area contributed by atoms with E-state index in [1.165, 1.54) is 18.2 Å². The number of aliphatic carboxylic acids is 1. The number of carboxylic acids is 1. The fourth-order valence-electron chi connectivity index (χ4n) is 0.493. The standard InChI is InChI=1S/C6H6O2.C2H4O2.Co.Cu.NO3/c7-5-2-1-3-6(8)4-5;1-2(3)4;;;2-1(3)4/h1-4,7-8H;1H3,(H,3,4);;;/q;;2*+2;-1/p-1. The van der Waals surface area contributed by atoms with E-state index in [2.05, 4.69) is 0 Å². The summed E-state index contributed by atoms with van der Waals surface area (Å²) in [6.07, 6.45) is 0. The first kappa shape index (κ1) is 25.4. The number of benzene rings is 1. The Bertz CT molecular complexity index is 313. The van der Waals surface area contributed by atoms with Crippen LogP contribution >= 0.6 is 0 Å². The number of carbonyl (C=O) groups is 1. The minimum Gasteiger partial charge on any atom is -0.550 e. The number of hydrogen-bond donors (Lipinski definition) is 2. The van der Waals surface area contributed by atoms with Gasteiger partial charge in [0.1, 0.15) is 11.5 Å². The van der Waals surface area contributed by atoms with Gasteiger partial charge in [0.25, 0.3) is 0 Å². The van der Waals surface area contributed by atoms with Crippen molar-refractivity contribution >= 4 is 5.97 Å². The van der Waals surface area contributed by atoms with Crippen LogP contribution < -0.4 is 5.11 Å². The van der Waals surface area contributed by atoms with Crippen LogP contribution in [0.4, 0.5) is 0 Å². The van der Waals surface area contributed by atoms with Gasteiger partial charge in [-0.2, -0.15) is 0 Å². The summed E-state index contributed by atoms with van der Waals surface area (Å²) in [5.41, 5.74) is 0. The van der Waals surface area contributed by atoms with Gasteiger partial charge in [-0.15, -0.1) is 0 Å². The van der Waals surface area contributed by atoms with E-state index in [0.717, 1.165) is 6.92 Å². The normalized spacial score (nSPS) is 6.72. The van der Waals surface area contributed by atoms with Crippen molar-refractivity contribution in [2.45, 2.75) is 6.92 Å². The maximum Gasteiger partial charge on any atom is 2.00 e. The zero-order valence-corrected chi connectivity index (χ0v) is 10.8. The Morgan fingerprint density at radius 1 is 1.22 bits per heavy atom. The van der Waals surface area contributed by atoms with Crippen molar-refractivity contribution in [1.29, 1.82) is 0 Å². The van der Waals surface area contributed by atoms with E-state index in [-0.39, 0.29) is 45.3 Å². The second kappa shape index (κ2) is 15.5. The molecule has 0 spiro atoms. The summed E-state index contributed by atoms with van der Waals surface area (Å²) in [6, 6.07) is 5.85. The van der Waals surface area contributed by atoms with Crippen LogP contribution in [0.1, 0.15) is 6.92 Å². The Labute approximate surface area is 123 Å². The molecule has 1 aromatic carbocycles. The minimum atomic E-state index is -1.75. The molecule has 1 rings (SSSR count). The third-order valence-electron chi connectivity index (χ3n) is 0.830. The molecule has 0 bridgehead atoms. The number of nitrogens with zero attached hydrogens (tertiary/aromatic N) is 1. The number of carboxylic acid groups (broad SMARTS) is 1. The maximum absolute atomic E-state index is 8.89. The molecule has 0 amide bonds. The third-order valence-corrected chi connectivity index (χ3v) is 0.830. The zero-order valence-electron chi connectivity index (χ0n) is 8.83. The molecule has 0 fully saturated rings. The van der Waals surface area contributed by atoms with E-state index in [9.17, 15) is 0 Å². The topological polar surface area (TPSA) is 147 Å². The average Bonchev–Trinajstić information content (AvgIpc) is 2.00. The van der Waals surface area contributed by atoms with Crippen LogP contribution in [0.5, 0.6) is 11.5 Å². The van der Waals surface area contributed by atoms with Crippen molar-refractivity contribution < 1.29 is 59.0 Å². The van der Waals surface area contributed by atoms with Gasteiger partial charge in [0.05, 0.1) is 5.09 Å². The van der Waals surface area contributed by atoms with Crippen LogP contribution in [0, 0.1) is 15.3 Å². The molecule has 2 N–H and O–H groups in total. The third kappa shape index (κ3) is 36.6. The van der Waals surface area contributed by atoms with Crippen LogP contribution in [0.3, 0.4) is 0 Å². The molecule has 0 atom stereocenters. The number of phenolic OH excluding ortho intramolecular Hbond substituents is 2. The molecule has 0 aromatic heterocycles. The Balaban J connectivity index is -0.0000000860. The Morgan fingerprint density at radius 3 is 1.56 bits per heavy atom. The summed E-state index contributed by atoms with van der Waals surface area (Å²) in [4.78, 5) is 17.1. The Morgan fingerprint density at radius 2 is 1.44 bits per heavy atom. The summed E-state index contributed by atoms with van der Waals surface area (Å²) < 4.78 is 0. The largest absolute Gasteiger partial charge is 2.00 e. The molecule has 18 heavy (non-hydrogen) atoms. The molecular weight excluding hydrogens is 345 g/mol. The molecule has 8 nitrogen and oxygen atoms in total. The summed E-state index contributed by atoms with van der Waals surface area (Å²) in [5.74, 6) is -0.907. The van der Waals surface area contributed by atoms with Crippen molar-refractivity contribution in [3.8, 4) is 11.5 Å². The predicted molar refractivity (Wildman–Crippen MR) is 50.8 cm³/mol. The Kier molecular flexibility index (Phi) is 21.9. The average molecular weight is 354 g/mol. The summed E-state index contributed by atoms with van der Waals surface area (Å²) in [7, 11) is 0. The molecule has 10 heteroatoms. The molecule has 0 aliphatic rings. The maximum atomic E-state index is 8.89. The minimum absolute atomic E-state index is 0. The van der Waals surface area contributed by atoms with Gasteiger partial charge >= 0.3 is 33.8 Å². The quantitative estimate of drug-likeness (QED) is 0.366. The molecule has 0 aliphatic heterocycles. The molecule has 0 aliphatic carbocycles. The van der Waals surface area contributed by atoms with E-state index in [0.29, 0.717) is 0 Å². The molecule has 0 saturated heterocycles. The van der Waals surface area contributed by atoms with Crippen molar-refractivity contribution in [2.75, 3.05) is 0 Å². The van der Waals surface area contributed by atoms with Gasteiger partial charge in [0.2, 0.25) is 0 Å². The van der Waals surface area contributed by atoms with Crippen LogP contribution in [-0.2, 0) is 38.6 Å². The van der Waals surface area contributed by atoms with Gasteiger partial charge < -0.3 is 35.4 Å². The number of aromatic hydroxyl groups is 2. The van der Waals surface area contributed by atoms with Gasteiger partial charge in [-0.25, -0.2) is 0 Å². The predicted octanol–water partition coefficient (Wildman–Crippen LogP) is -0.390. The Hall–Kier alpha value is -1.48. The van der Waals surface area contributed by atoms with Crippen LogP contribution in [0.25, 0.3) is 0 Å². The van der Waals surface area contributed by atoms with Crippen molar-refractivity contribution in [2.24, 2.45) is 0 Å². The molecule has 1 aromatic rings. The second-order valence-electron chi connectivity index (χ2n) is 2.24. The fraction of sp³-hybridized carbons (Fsp3) is 0.125. The van der Waals surface area contributed by atoms with Crippen LogP contribution in [-0.4, -0.2) is 21.3 Å². The molecule has 106 valence electrons. The molecular formula is C8H9CoCuNO7+2. The van der Waals surface area contributed by atoms with Gasteiger partial charge in [0, 0.05) is 12.0 Å². The van der Waals surface area contributed by atoms with E-state index in [1.807, 2.05) is 0 Å². The van der Waals surface area contributed by atoms with Crippen molar-refractivity contribution in [3.63, 3.8) is 0 Å². The summed E-state index contributed by atoms with van der Waals surface area (Å²) in [5, 5.41) is 40.9. The SMILES string of the molecule is CC(=O)[O-].O=[N+]([O-])[O-].Oc1cccc(O)c1.[Co+2].[Cu+2]. The van der Waals surface area contributed by atoms with Gasteiger partial charge in [-0.3, -0.25) is 0 Å². The monoisotopic (exact) mass is 353 g/mol. The fourth-order valence-corrected chi connectivity index (χ4v) is 0.493. The van der Waals surface area contributed by atoms with Crippen molar-refractivity contribution in [1.82, 2.24) is 0 Å². The van der Waals surface area contributed by atoms with Crippen LogP contribution in [0.15, 0.2) is 24.3 Å². The molecule has 0 saturated carbocycles. The number of rotatable bonds is 0. The summed E-state index contributed by atoms with van der Waals surface area (Å²) in [6.45, 7) is 0.972. The van der Waals surface area contributed by atoms with Gasteiger partial charge in [-0.05, 0) is 19.1 Å².